The van der Waals surface area contributed by atoms with E-state index >= 15 is 0 Å². The first-order valence-corrected chi connectivity index (χ1v) is 7.82. The molecule has 0 bridgehead atoms. The number of hydrogen-bond donors (Lipinski definition) is 2. The van der Waals surface area contributed by atoms with Crippen LogP contribution >= 0.6 is 11.3 Å². The van der Waals surface area contributed by atoms with Gasteiger partial charge in [-0.15, -0.1) is 11.3 Å². The second-order valence-corrected chi connectivity index (χ2v) is 6.12. The highest BCUT2D eigenvalue weighted by Crippen LogP contribution is 2.22. The van der Waals surface area contributed by atoms with Crippen LogP contribution in [0.3, 0.4) is 0 Å². The van der Waals surface area contributed by atoms with Gasteiger partial charge in [0.15, 0.2) is 0 Å². The molecule has 0 aliphatic rings. The summed E-state index contributed by atoms with van der Waals surface area (Å²) in [6.45, 7) is 5.20. The van der Waals surface area contributed by atoms with Gasteiger partial charge in [-0.3, -0.25) is 0 Å². The molecule has 3 aromatic rings. The van der Waals surface area contributed by atoms with Crippen LogP contribution in [0.4, 0.5) is 0 Å². The summed E-state index contributed by atoms with van der Waals surface area (Å²) in [4.78, 5) is 9.10. The van der Waals surface area contributed by atoms with Crippen molar-refractivity contribution in [3.63, 3.8) is 0 Å². The van der Waals surface area contributed by atoms with Gasteiger partial charge < -0.3 is 10.3 Å². The Labute approximate surface area is 123 Å². The van der Waals surface area contributed by atoms with Crippen molar-refractivity contribution < 1.29 is 0 Å². The Balaban J connectivity index is 1.71. The number of H-pyrrole nitrogens is 1. The lowest BCUT2D eigenvalue weighted by Gasteiger charge is -2.11. The Hall–Kier alpha value is -1.65. The average Bonchev–Trinajstić information content (AvgIpc) is 3.13. The fraction of sp³-hybridized carbons (Fsp3) is 0.312. The molecule has 1 aromatic carbocycles. The molecule has 1 unspecified atom stereocenters. The van der Waals surface area contributed by atoms with Crippen LogP contribution in [0.5, 0.6) is 0 Å². The third-order valence-electron chi connectivity index (χ3n) is 3.57. The van der Waals surface area contributed by atoms with Crippen LogP contribution in [0.1, 0.15) is 35.3 Å². The number of nitrogens with zero attached hydrogens (tertiary/aromatic N) is 1. The third-order valence-corrected chi connectivity index (χ3v) is 4.90. The first-order chi connectivity index (χ1) is 9.78. The Bertz CT molecular complexity index is 698. The summed E-state index contributed by atoms with van der Waals surface area (Å²) in [5.74, 6) is 0. The van der Waals surface area contributed by atoms with E-state index in [9.17, 15) is 0 Å². The molecule has 0 aliphatic carbocycles. The Kier molecular flexibility index (Phi) is 3.85. The van der Waals surface area contributed by atoms with Crippen molar-refractivity contribution in [1.82, 2.24) is 15.3 Å². The van der Waals surface area contributed by atoms with Crippen molar-refractivity contribution in [1.29, 1.82) is 0 Å². The summed E-state index contributed by atoms with van der Waals surface area (Å²) in [5, 5.41) is 6.03. The first kappa shape index (κ1) is 13.3. The lowest BCUT2D eigenvalue weighted by atomic mass is 10.1. The van der Waals surface area contributed by atoms with E-state index in [0.29, 0.717) is 0 Å². The maximum absolute atomic E-state index is 4.50. The standard InChI is InChI=1S/C16H19N3S/c1-3-13-10-19-16(20-13)11(2)18-9-12-5-4-6-15-14(12)7-8-17-15/h4-8,10-11,17-18H,3,9H2,1-2H3. The fourth-order valence-corrected chi connectivity index (χ4v) is 3.23. The number of rotatable bonds is 5. The lowest BCUT2D eigenvalue weighted by molar-refractivity contribution is 0.573. The third kappa shape index (κ3) is 2.62. The van der Waals surface area contributed by atoms with E-state index in [0.717, 1.165) is 13.0 Å². The largest absolute Gasteiger partial charge is 0.361 e. The second-order valence-electron chi connectivity index (χ2n) is 4.98. The summed E-state index contributed by atoms with van der Waals surface area (Å²) in [6, 6.07) is 8.80. The van der Waals surface area contributed by atoms with Crippen LogP contribution in [0.2, 0.25) is 0 Å². The normalized spacial score (nSPS) is 12.9. The van der Waals surface area contributed by atoms with Crippen molar-refractivity contribution in [2.45, 2.75) is 32.9 Å². The van der Waals surface area contributed by atoms with E-state index in [4.69, 9.17) is 0 Å². The number of benzene rings is 1. The molecule has 2 N–H and O–H groups in total. The highest BCUT2D eigenvalue weighted by atomic mass is 32.1. The van der Waals surface area contributed by atoms with Gasteiger partial charge in [-0.1, -0.05) is 19.1 Å². The topological polar surface area (TPSA) is 40.7 Å². The van der Waals surface area contributed by atoms with Gasteiger partial charge in [0, 0.05) is 34.7 Å². The molecule has 3 rings (SSSR count). The minimum Gasteiger partial charge on any atom is -0.361 e. The zero-order valence-electron chi connectivity index (χ0n) is 11.8. The monoisotopic (exact) mass is 285 g/mol. The quantitative estimate of drug-likeness (QED) is 0.743. The summed E-state index contributed by atoms with van der Waals surface area (Å²) in [5.41, 5.74) is 2.52. The van der Waals surface area contributed by atoms with Crippen LogP contribution < -0.4 is 5.32 Å². The number of aromatic nitrogens is 2. The van der Waals surface area contributed by atoms with Gasteiger partial charge in [-0.25, -0.2) is 4.98 Å². The predicted octanol–water partition coefficient (Wildman–Crippen LogP) is 4.04. The molecule has 0 saturated heterocycles. The van der Waals surface area contributed by atoms with Gasteiger partial charge >= 0.3 is 0 Å². The molecule has 104 valence electrons. The molecule has 20 heavy (non-hydrogen) atoms. The van der Waals surface area contributed by atoms with Crippen LogP contribution in [0, 0.1) is 0 Å². The molecule has 1 atom stereocenters. The smallest absolute Gasteiger partial charge is 0.109 e. The van der Waals surface area contributed by atoms with E-state index in [1.807, 2.05) is 12.4 Å². The Morgan fingerprint density at radius 1 is 1.35 bits per heavy atom. The molecule has 0 saturated carbocycles. The number of hydrogen-bond acceptors (Lipinski definition) is 3. The molecule has 0 spiro atoms. The number of aryl methyl sites for hydroxylation is 1. The van der Waals surface area contributed by atoms with Crippen molar-refractivity contribution in [2.75, 3.05) is 0 Å². The molecule has 0 amide bonds. The molecule has 0 radical (unpaired) electrons. The fourth-order valence-electron chi connectivity index (χ4n) is 2.34. The maximum atomic E-state index is 4.50. The molecule has 0 aliphatic heterocycles. The maximum Gasteiger partial charge on any atom is 0.109 e. The molecule has 0 fully saturated rings. The summed E-state index contributed by atoms with van der Waals surface area (Å²) in [6.07, 6.45) is 5.05. The van der Waals surface area contributed by atoms with E-state index in [-0.39, 0.29) is 6.04 Å². The van der Waals surface area contributed by atoms with Crippen molar-refractivity contribution in [3.8, 4) is 0 Å². The van der Waals surface area contributed by atoms with E-state index in [1.54, 1.807) is 11.3 Å². The van der Waals surface area contributed by atoms with Gasteiger partial charge in [0.05, 0.1) is 6.04 Å². The first-order valence-electron chi connectivity index (χ1n) is 7.01. The van der Waals surface area contributed by atoms with Crippen molar-refractivity contribution in [3.05, 3.63) is 52.1 Å². The molecular formula is C16H19N3S. The summed E-state index contributed by atoms with van der Waals surface area (Å²) < 4.78 is 0. The van der Waals surface area contributed by atoms with Gasteiger partial charge in [-0.2, -0.15) is 0 Å². The van der Waals surface area contributed by atoms with Gasteiger partial charge in [0.2, 0.25) is 0 Å². The van der Waals surface area contributed by atoms with Gasteiger partial charge in [-0.05, 0) is 31.0 Å². The van der Waals surface area contributed by atoms with Crippen LogP contribution in [-0.2, 0) is 13.0 Å². The number of thiazole rings is 1. The predicted molar refractivity (Wildman–Crippen MR) is 85.0 cm³/mol. The minimum atomic E-state index is 0.287. The van der Waals surface area contributed by atoms with E-state index < -0.39 is 0 Å². The highest BCUT2D eigenvalue weighted by molar-refractivity contribution is 7.11. The minimum absolute atomic E-state index is 0.287. The van der Waals surface area contributed by atoms with Crippen molar-refractivity contribution in [2.24, 2.45) is 0 Å². The molecule has 3 nitrogen and oxygen atoms in total. The molecule has 2 aromatic heterocycles. The number of fused-ring (bicyclic) bond motifs is 1. The van der Waals surface area contributed by atoms with Gasteiger partial charge in [0.25, 0.3) is 0 Å². The number of nitrogens with one attached hydrogen (secondary N) is 2. The highest BCUT2D eigenvalue weighted by Gasteiger charge is 2.10. The SMILES string of the molecule is CCc1cnc(C(C)NCc2cccc3[nH]ccc23)s1. The molecule has 4 heteroatoms. The second kappa shape index (κ2) is 5.77. The van der Waals surface area contributed by atoms with Crippen LogP contribution in [0.25, 0.3) is 10.9 Å². The Morgan fingerprint density at radius 3 is 3.05 bits per heavy atom. The Morgan fingerprint density at radius 2 is 2.25 bits per heavy atom. The van der Waals surface area contributed by atoms with Crippen molar-refractivity contribution >= 4 is 22.2 Å². The molecular weight excluding hydrogens is 266 g/mol. The molecule has 2 heterocycles. The summed E-state index contributed by atoms with van der Waals surface area (Å²) in [7, 11) is 0. The summed E-state index contributed by atoms with van der Waals surface area (Å²) >= 11 is 1.80. The van der Waals surface area contributed by atoms with Crippen LogP contribution in [-0.4, -0.2) is 9.97 Å². The van der Waals surface area contributed by atoms with Crippen LogP contribution in [0.15, 0.2) is 36.7 Å². The van der Waals surface area contributed by atoms with E-state index in [1.165, 1.54) is 26.4 Å². The number of aromatic amines is 1. The average molecular weight is 285 g/mol. The van der Waals surface area contributed by atoms with Gasteiger partial charge in [0.1, 0.15) is 5.01 Å². The zero-order valence-corrected chi connectivity index (χ0v) is 12.6. The lowest BCUT2D eigenvalue weighted by Crippen LogP contribution is -2.17. The van der Waals surface area contributed by atoms with E-state index in [2.05, 4.69) is 53.4 Å². The zero-order chi connectivity index (χ0) is 13.9.